The molecule has 0 saturated heterocycles. The minimum Gasteiger partial charge on any atom is -0.318 e. The molecule has 6 heteroatoms. The second-order valence-corrected chi connectivity index (χ2v) is 5.09. The molecule has 0 rings (SSSR count). The van der Waals surface area contributed by atoms with Crippen molar-refractivity contribution < 1.29 is 18.0 Å². The first-order valence-corrected chi connectivity index (χ1v) is 6.77. The monoisotopic (exact) mass is 297 g/mol. The second-order valence-electron chi connectivity index (χ2n) is 4.64. The van der Waals surface area contributed by atoms with E-state index in [0.29, 0.717) is 12.1 Å². The van der Waals surface area contributed by atoms with Crippen LogP contribution in [-0.2, 0) is 4.79 Å². The van der Waals surface area contributed by atoms with E-state index in [-0.39, 0.29) is 23.7 Å². The zero-order chi connectivity index (χ0) is 15.4. The Labute approximate surface area is 118 Å². The highest BCUT2D eigenvalue weighted by Crippen LogP contribution is 2.49. The molecule has 2 nitrogen and oxygen atoms in total. The predicted octanol–water partition coefficient (Wildman–Crippen LogP) is 4.38. The number of hydrogen-bond donors (Lipinski definition) is 1. The molecule has 1 atom stereocenters. The molecule has 1 amide bonds. The largest absolute Gasteiger partial charge is 0.398 e. The lowest BCUT2D eigenvalue weighted by atomic mass is 9.84. The summed E-state index contributed by atoms with van der Waals surface area (Å²) in [6.07, 6.45) is -3.94. The van der Waals surface area contributed by atoms with Gasteiger partial charge in [0.15, 0.2) is 0 Å². The Balaban J connectivity index is 5.79. The van der Waals surface area contributed by atoms with E-state index in [2.05, 4.69) is 12.6 Å². The third-order valence-corrected chi connectivity index (χ3v) is 4.30. The van der Waals surface area contributed by atoms with E-state index in [1.165, 1.54) is 18.9 Å². The van der Waals surface area contributed by atoms with Gasteiger partial charge in [-0.15, -0.1) is 12.6 Å². The van der Waals surface area contributed by atoms with Gasteiger partial charge in [0, 0.05) is 24.1 Å². The van der Waals surface area contributed by atoms with Crippen LogP contribution in [0.2, 0.25) is 0 Å². The van der Waals surface area contributed by atoms with Crippen molar-refractivity contribution >= 4 is 18.5 Å². The maximum atomic E-state index is 13.2. The lowest BCUT2D eigenvalue weighted by molar-refractivity contribution is -0.202. The van der Waals surface area contributed by atoms with Gasteiger partial charge in [0.2, 0.25) is 5.91 Å². The summed E-state index contributed by atoms with van der Waals surface area (Å²) in [6.45, 7) is 5.98. The van der Waals surface area contributed by atoms with Crippen molar-refractivity contribution in [3.05, 3.63) is 10.6 Å². The summed E-state index contributed by atoms with van der Waals surface area (Å²) in [7, 11) is 1.49. The summed E-state index contributed by atoms with van der Waals surface area (Å²) in [6, 6.07) is 0. The first-order valence-electron chi connectivity index (χ1n) is 6.32. The van der Waals surface area contributed by atoms with Crippen molar-refractivity contribution in [2.45, 2.75) is 53.1 Å². The van der Waals surface area contributed by atoms with Gasteiger partial charge >= 0.3 is 6.18 Å². The first-order chi connectivity index (χ1) is 8.56. The highest BCUT2D eigenvalue weighted by atomic mass is 32.1. The molecular weight excluding hydrogens is 275 g/mol. The minimum absolute atomic E-state index is 0.0747. The second kappa shape index (κ2) is 6.68. The third kappa shape index (κ3) is 3.68. The van der Waals surface area contributed by atoms with Crippen LogP contribution in [-0.4, -0.2) is 24.0 Å². The van der Waals surface area contributed by atoms with Gasteiger partial charge in [0.1, 0.15) is 0 Å². The lowest BCUT2D eigenvalue weighted by Crippen LogP contribution is -2.38. The fraction of sp³-hybridized carbons (Fsp3) is 0.769. The van der Waals surface area contributed by atoms with Gasteiger partial charge in [-0.1, -0.05) is 20.8 Å². The van der Waals surface area contributed by atoms with Crippen LogP contribution in [0.3, 0.4) is 0 Å². The number of nitrogens with zero attached hydrogens (tertiary/aromatic N) is 1. The molecular formula is C13H22F3NOS. The molecule has 0 aromatic carbocycles. The Kier molecular flexibility index (Phi) is 6.45. The zero-order valence-corrected chi connectivity index (χ0v) is 13.0. The quantitative estimate of drug-likeness (QED) is 0.746. The number of amides is 1. The number of rotatable bonds is 5. The molecule has 19 heavy (non-hydrogen) atoms. The third-order valence-electron chi connectivity index (χ3n) is 3.55. The van der Waals surface area contributed by atoms with E-state index < -0.39 is 11.6 Å². The normalized spacial score (nSPS) is 16.7. The Bertz CT molecular complexity index is 365. The van der Waals surface area contributed by atoms with Gasteiger partial charge < -0.3 is 4.90 Å². The van der Waals surface area contributed by atoms with E-state index in [0.717, 1.165) is 6.92 Å². The number of hydrogen-bond acceptors (Lipinski definition) is 2. The summed E-state index contributed by atoms with van der Waals surface area (Å²) in [5.41, 5.74) is -1.69. The van der Waals surface area contributed by atoms with E-state index in [1.807, 2.05) is 0 Å². The van der Waals surface area contributed by atoms with Crippen LogP contribution in [0.25, 0.3) is 0 Å². The fourth-order valence-corrected chi connectivity index (χ4v) is 2.36. The Hall–Kier alpha value is -0.650. The van der Waals surface area contributed by atoms with Crippen molar-refractivity contribution in [1.29, 1.82) is 0 Å². The molecule has 112 valence electrons. The number of alkyl halides is 3. The topological polar surface area (TPSA) is 20.3 Å². The van der Waals surface area contributed by atoms with E-state index in [4.69, 9.17) is 0 Å². The van der Waals surface area contributed by atoms with Crippen molar-refractivity contribution in [1.82, 2.24) is 4.90 Å². The minimum atomic E-state index is -4.39. The molecule has 0 aromatic rings. The molecule has 0 fully saturated rings. The van der Waals surface area contributed by atoms with Crippen LogP contribution in [0.15, 0.2) is 10.6 Å². The molecule has 0 N–H and O–H groups in total. The first kappa shape index (κ1) is 18.4. The van der Waals surface area contributed by atoms with Crippen molar-refractivity contribution in [2.75, 3.05) is 7.05 Å². The van der Waals surface area contributed by atoms with Crippen molar-refractivity contribution in [3.8, 4) is 0 Å². The Morgan fingerprint density at radius 3 is 1.89 bits per heavy atom. The Morgan fingerprint density at radius 2 is 1.63 bits per heavy atom. The number of allylic oxidation sites excluding steroid dienone is 2. The molecule has 0 aliphatic heterocycles. The summed E-state index contributed by atoms with van der Waals surface area (Å²) in [5.74, 6) is -0.218. The molecule has 0 aliphatic carbocycles. The summed E-state index contributed by atoms with van der Waals surface area (Å²) < 4.78 is 39.6. The Morgan fingerprint density at radius 1 is 1.16 bits per heavy atom. The van der Waals surface area contributed by atoms with Crippen LogP contribution in [0.5, 0.6) is 0 Å². The molecule has 0 bridgehead atoms. The molecule has 0 saturated carbocycles. The average molecular weight is 297 g/mol. The standard InChI is InChI=1S/C13H22F3NOS/c1-6-9(17(5)10(18)7-2)11(19)12(4,8-3)13(14,15)16/h19H,6-8H2,1-5H3/b11-9-. The number of carbonyl (C=O) groups excluding carboxylic acids is 1. The highest BCUT2D eigenvalue weighted by molar-refractivity contribution is 7.84. The van der Waals surface area contributed by atoms with Crippen molar-refractivity contribution in [3.63, 3.8) is 0 Å². The molecule has 0 aromatic heterocycles. The van der Waals surface area contributed by atoms with Gasteiger partial charge in [-0.05, 0) is 19.8 Å². The van der Waals surface area contributed by atoms with Gasteiger partial charge in [0.05, 0.1) is 5.41 Å². The predicted molar refractivity (Wildman–Crippen MR) is 73.8 cm³/mol. The SMILES string of the molecule is CCC(=O)N(C)/C(CC)=C(\S)C(C)(CC)C(F)(F)F. The molecule has 0 spiro atoms. The average Bonchev–Trinajstić information content (AvgIpc) is 2.35. The maximum Gasteiger partial charge on any atom is 0.398 e. The van der Waals surface area contributed by atoms with Crippen LogP contribution >= 0.6 is 12.6 Å². The van der Waals surface area contributed by atoms with E-state index in [9.17, 15) is 18.0 Å². The van der Waals surface area contributed by atoms with Crippen LogP contribution in [0.1, 0.15) is 47.0 Å². The summed E-state index contributed by atoms with van der Waals surface area (Å²) in [5, 5.41) is 0. The molecule has 0 aliphatic rings. The van der Waals surface area contributed by atoms with Gasteiger partial charge in [-0.2, -0.15) is 13.2 Å². The molecule has 1 unspecified atom stereocenters. The highest BCUT2D eigenvalue weighted by Gasteiger charge is 2.52. The number of halogens is 3. The zero-order valence-electron chi connectivity index (χ0n) is 12.1. The number of thiol groups is 1. The molecule has 0 radical (unpaired) electrons. The molecule has 0 heterocycles. The van der Waals surface area contributed by atoms with Gasteiger partial charge in [-0.25, -0.2) is 0 Å². The van der Waals surface area contributed by atoms with Gasteiger partial charge in [-0.3, -0.25) is 4.79 Å². The smallest absolute Gasteiger partial charge is 0.318 e. The van der Waals surface area contributed by atoms with E-state index in [1.54, 1.807) is 13.8 Å². The fourth-order valence-electron chi connectivity index (χ4n) is 1.77. The van der Waals surface area contributed by atoms with Crippen molar-refractivity contribution in [2.24, 2.45) is 5.41 Å². The summed E-state index contributed by atoms with van der Waals surface area (Å²) in [4.78, 5) is 12.9. The summed E-state index contributed by atoms with van der Waals surface area (Å²) >= 11 is 4.10. The van der Waals surface area contributed by atoms with Gasteiger partial charge in [0.25, 0.3) is 0 Å². The number of carbonyl (C=O) groups is 1. The van der Waals surface area contributed by atoms with Crippen LogP contribution in [0.4, 0.5) is 13.2 Å². The van der Waals surface area contributed by atoms with Crippen LogP contribution < -0.4 is 0 Å². The maximum absolute atomic E-state index is 13.2. The lowest BCUT2D eigenvalue weighted by Gasteiger charge is -2.34. The van der Waals surface area contributed by atoms with E-state index >= 15 is 0 Å². The van der Waals surface area contributed by atoms with Crippen LogP contribution in [0, 0.1) is 5.41 Å².